The monoisotopic (exact) mass is 405 g/mol. The molecule has 146 valence electrons. The highest BCUT2D eigenvalue weighted by molar-refractivity contribution is 7.80. The second-order valence-corrected chi connectivity index (χ2v) is 7.30. The number of hydrogen-bond acceptors (Lipinski definition) is 3. The van der Waals surface area contributed by atoms with Crippen molar-refractivity contribution in [2.45, 2.75) is 12.2 Å². The predicted molar refractivity (Wildman–Crippen MR) is 116 cm³/mol. The van der Waals surface area contributed by atoms with E-state index >= 15 is 0 Å². The number of para-hydroxylation sites is 1. The Morgan fingerprint density at radius 3 is 2.14 bits per heavy atom. The predicted octanol–water partition coefficient (Wildman–Crippen LogP) is 4.28. The van der Waals surface area contributed by atoms with E-state index in [1.807, 2.05) is 48.5 Å². The van der Waals surface area contributed by atoms with E-state index in [2.05, 4.69) is 16.0 Å². The number of carbonyl (C=O) groups is 1. The van der Waals surface area contributed by atoms with Gasteiger partial charge < -0.3 is 16.0 Å². The third-order valence-electron chi connectivity index (χ3n) is 4.98. The summed E-state index contributed by atoms with van der Waals surface area (Å²) >= 11 is 5.41. The molecule has 3 aromatic carbocycles. The molecule has 3 aromatic rings. The van der Waals surface area contributed by atoms with Gasteiger partial charge in [0.1, 0.15) is 12.0 Å². The molecule has 1 heterocycles. The van der Waals surface area contributed by atoms with Crippen molar-refractivity contribution in [2.75, 3.05) is 5.32 Å². The Labute approximate surface area is 174 Å². The lowest BCUT2D eigenvalue weighted by Gasteiger charge is -2.40. The summed E-state index contributed by atoms with van der Waals surface area (Å²) in [6, 6.07) is 24.6. The van der Waals surface area contributed by atoms with Gasteiger partial charge in [-0.1, -0.05) is 60.7 Å². The van der Waals surface area contributed by atoms with Gasteiger partial charge in [0.2, 0.25) is 0 Å². The summed E-state index contributed by atoms with van der Waals surface area (Å²) in [5.41, 5.74) is 2.28. The fourth-order valence-electron chi connectivity index (χ4n) is 3.59. The highest BCUT2D eigenvalue weighted by Crippen LogP contribution is 2.31. The van der Waals surface area contributed by atoms with Crippen molar-refractivity contribution in [3.05, 3.63) is 102 Å². The van der Waals surface area contributed by atoms with Crippen molar-refractivity contribution in [2.24, 2.45) is 5.92 Å². The van der Waals surface area contributed by atoms with Crippen LogP contribution in [0.15, 0.2) is 84.9 Å². The van der Waals surface area contributed by atoms with Crippen LogP contribution < -0.4 is 16.0 Å². The molecule has 0 amide bonds. The summed E-state index contributed by atoms with van der Waals surface area (Å²) in [6.07, 6.45) is -0.436. The van der Waals surface area contributed by atoms with E-state index in [4.69, 9.17) is 12.2 Å². The molecule has 6 heteroatoms. The standard InChI is InChI=1S/C23H20FN3OS/c24-17-13-11-15(12-14-17)20-19(21(28)16-7-3-1-4-8-16)22(27-23(29)26-20)25-18-9-5-2-6-10-18/h1-14,19-20,22,25H,(H2,26,27,29)/t19-,20-,22-/m0/s1. The molecule has 0 aromatic heterocycles. The van der Waals surface area contributed by atoms with E-state index < -0.39 is 18.1 Å². The van der Waals surface area contributed by atoms with E-state index in [-0.39, 0.29) is 11.6 Å². The zero-order chi connectivity index (χ0) is 20.2. The van der Waals surface area contributed by atoms with Crippen LogP contribution in [0.4, 0.5) is 10.1 Å². The Balaban J connectivity index is 1.74. The minimum atomic E-state index is -0.519. The summed E-state index contributed by atoms with van der Waals surface area (Å²) < 4.78 is 13.5. The van der Waals surface area contributed by atoms with Crippen LogP contribution in [0.1, 0.15) is 22.0 Å². The molecule has 0 radical (unpaired) electrons. The molecule has 1 aliphatic rings. The second-order valence-electron chi connectivity index (χ2n) is 6.89. The summed E-state index contributed by atoms with van der Waals surface area (Å²) in [5, 5.41) is 10.2. The molecule has 0 spiro atoms. The Morgan fingerprint density at radius 1 is 0.862 bits per heavy atom. The highest BCUT2D eigenvalue weighted by Gasteiger charge is 2.41. The Hall–Kier alpha value is -3.25. The first-order valence-corrected chi connectivity index (χ1v) is 9.76. The van der Waals surface area contributed by atoms with Gasteiger partial charge in [0.15, 0.2) is 10.9 Å². The number of rotatable bonds is 5. The molecule has 4 nitrogen and oxygen atoms in total. The molecule has 1 aliphatic heterocycles. The molecule has 0 unspecified atom stereocenters. The number of anilines is 1. The number of carbonyl (C=O) groups excluding carboxylic acids is 1. The fraction of sp³-hybridized carbons (Fsp3) is 0.130. The largest absolute Gasteiger partial charge is 0.365 e. The minimum Gasteiger partial charge on any atom is -0.365 e. The van der Waals surface area contributed by atoms with E-state index in [9.17, 15) is 9.18 Å². The van der Waals surface area contributed by atoms with Crippen LogP contribution >= 0.6 is 12.2 Å². The third kappa shape index (κ3) is 4.27. The fourth-order valence-corrected chi connectivity index (χ4v) is 3.85. The van der Waals surface area contributed by atoms with Crippen LogP contribution in [-0.4, -0.2) is 17.1 Å². The molecular formula is C23H20FN3OS. The summed E-state index contributed by atoms with van der Waals surface area (Å²) in [7, 11) is 0. The van der Waals surface area contributed by atoms with Gasteiger partial charge in [0.25, 0.3) is 0 Å². The zero-order valence-corrected chi connectivity index (χ0v) is 16.3. The van der Waals surface area contributed by atoms with Gasteiger partial charge in [-0.2, -0.15) is 0 Å². The minimum absolute atomic E-state index is 0.0316. The van der Waals surface area contributed by atoms with E-state index in [1.54, 1.807) is 24.3 Å². The lowest BCUT2D eigenvalue weighted by atomic mass is 9.83. The van der Waals surface area contributed by atoms with Gasteiger partial charge in [-0.3, -0.25) is 4.79 Å². The van der Waals surface area contributed by atoms with E-state index in [0.717, 1.165) is 11.3 Å². The molecule has 3 N–H and O–H groups in total. The average molecular weight is 405 g/mol. The topological polar surface area (TPSA) is 53.2 Å². The summed E-state index contributed by atoms with van der Waals surface area (Å²) in [6.45, 7) is 0. The number of Topliss-reactive ketones (excluding diaryl/α,β-unsaturated/α-hetero) is 1. The number of halogens is 1. The number of hydrogen-bond donors (Lipinski definition) is 3. The van der Waals surface area contributed by atoms with E-state index in [1.165, 1.54) is 12.1 Å². The first-order valence-electron chi connectivity index (χ1n) is 9.35. The maximum absolute atomic E-state index is 13.5. The maximum atomic E-state index is 13.5. The molecular weight excluding hydrogens is 385 g/mol. The van der Waals surface area contributed by atoms with Crippen LogP contribution in [-0.2, 0) is 0 Å². The molecule has 29 heavy (non-hydrogen) atoms. The normalized spacial score (nSPS) is 21.0. The molecule has 0 saturated carbocycles. The molecule has 1 fully saturated rings. The van der Waals surface area contributed by atoms with Crippen LogP contribution in [0.25, 0.3) is 0 Å². The quantitative estimate of drug-likeness (QED) is 0.437. The van der Waals surface area contributed by atoms with Gasteiger partial charge in [-0.15, -0.1) is 0 Å². The summed E-state index contributed by atoms with van der Waals surface area (Å²) in [5.74, 6) is -0.874. The Morgan fingerprint density at radius 2 is 1.48 bits per heavy atom. The van der Waals surface area contributed by atoms with E-state index in [0.29, 0.717) is 10.7 Å². The maximum Gasteiger partial charge on any atom is 0.172 e. The lowest BCUT2D eigenvalue weighted by molar-refractivity contribution is 0.0862. The second kappa shape index (κ2) is 8.41. The lowest BCUT2D eigenvalue weighted by Crippen LogP contribution is -2.61. The van der Waals surface area contributed by atoms with Crippen LogP contribution in [0, 0.1) is 11.7 Å². The van der Waals surface area contributed by atoms with Crippen molar-refractivity contribution in [3.63, 3.8) is 0 Å². The first-order chi connectivity index (χ1) is 14.1. The zero-order valence-electron chi connectivity index (χ0n) is 15.5. The first kappa shape index (κ1) is 19.1. The van der Waals surface area contributed by atoms with Crippen molar-refractivity contribution in [1.29, 1.82) is 0 Å². The third-order valence-corrected chi connectivity index (χ3v) is 5.21. The van der Waals surface area contributed by atoms with Gasteiger partial charge in [-0.05, 0) is 42.0 Å². The molecule has 0 aliphatic carbocycles. The van der Waals surface area contributed by atoms with Crippen LogP contribution in [0.3, 0.4) is 0 Å². The highest BCUT2D eigenvalue weighted by atomic mass is 32.1. The number of thiocarbonyl (C=S) groups is 1. The van der Waals surface area contributed by atoms with Crippen LogP contribution in [0.5, 0.6) is 0 Å². The van der Waals surface area contributed by atoms with Crippen molar-refractivity contribution in [3.8, 4) is 0 Å². The number of benzene rings is 3. The van der Waals surface area contributed by atoms with Gasteiger partial charge in [0, 0.05) is 11.3 Å². The molecule has 4 rings (SSSR count). The molecule has 0 bridgehead atoms. The van der Waals surface area contributed by atoms with Gasteiger partial charge in [-0.25, -0.2) is 4.39 Å². The van der Waals surface area contributed by atoms with Gasteiger partial charge >= 0.3 is 0 Å². The molecule has 1 saturated heterocycles. The van der Waals surface area contributed by atoms with Crippen molar-refractivity contribution in [1.82, 2.24) is 10.6 Å². The van der Waals surface area contributed by atoms with Gasteiger partial charge in [0.05, 0.1) is 12.0 Å². The smallest absolute Gasteiger partial charge is 0.172 e. The van der Waals surface area contributed by atoms with Crippen molar-refractivity contribution < 1.29 is 9.18 Å². The van der Waals surface area contributed by atoms with Crippen molar-refractivity contribution >= 4 is 28.8 Å². The summed E-state index contributed by atoms with van der Waals surface area (Å²) in [4.78, 5) is 13.5. The number of nitrogens with one attached hydrogen (secondary N) is 3. The Kier molecular flexibility index (Phi) is 5.53. The number of ketones is 1. The Bertz CT molecular complexity index is 996. The molecule has 3 atom stereocenters. The van der Waals surface area contributed by atoms with Crippen LogP contribution in [0.2, 0.25) is 0 Å². The SMILES string of the molecule is O=C(c1ccccc1)[C@H]1[C@@H](Nc2ccccc2)NC(=S)N[C@H]1c1ccc(F)cc1. The average Bonchev–Trinajstić information content (AvgIpc) is 2.75.